The Morgan fingerprint density at radius 2 is 1.57 bits per heavy atom. The lowest BCUT2D eigenvalue weighted by Crippen LogP contribution is -2.28. The summed E-state index contributed by atoms with van der Waals surface area (Å²) in [6.07, 6.45) is 0. The van der Waals surface area contributed by atoms with Gasteiger partial charge in [-0.25, -0.2) is 13.1 Å². The molecule has 124 valence electrons. The molecule has 0 atom stereocenters. The van der Waals surface area contributed by atoms with Crippen molar-refractivity contribution in [3.05, 3.63) is 60.7 Å². The van der Waals surface area contributed by atoms with Gasteiger partial charge in [0, 0.05) is 12.2 Å². The summed E-state index contributed by atoms with van der Waals surface area (Å²) >= 11 is 0. The van der Waals surface area contributed by atoms with E-state index in [0.717, 1.165) is 5.69 Å². The first-order chi connectivity index (χ1) is 10.6. The van der Waals surface area contributed by atoms with Crippen molar-refractivity contribution in [2.75, 3.05) is 18.4 Å². The minimum absolute atomic E-state index is 0. The number of anilines is 1. The molecule has 0 spiro atoms. The first-order valence-electron chi connectivity index (χ1n) is 6.75. The molecule has 0 unspecified atom stereocenters. The van der Waals surface area contributed by atoms with Gasteiger partial charge in [0.2, 0.25) is 10.0 Å². The molecule has 0 aliphatic heterocycles. The summed E-state index contributed by atoms with van der Waals surface area (Å²) in [4.78, 5) is 4.30. The van der Waals surface area contributed by atoms with E-state index in [1.807, 2.05) is 30.3 Å². The van der Waals surface area contributed by atoms with Crippen LogP contribution in [-0.4, -0.2) is 27.5 Å². The van der Waals surface area contributed by atoms with Gasteiger partial charge in [0.15, 0.2) is 5.96 Å². The van der Waals surface area contributed by atoms with Gasteiger partial charge in [0.1, 0.15) is 0 Å². The number of benzene rings is 2. The van der Waals surface area contributed by atoms with Crippen LogP contribution in [0.1, 0.15) is 0 Å². The lowest BCUT2D eigenvalue weighted by molar-refractivity contribution is 0.582. The van der Waals surface area contributed by atoms with E-state index in [2.05, 4.69) is 15.0 Å². The maximum Gasteiger partial charge on any atom is 0.240 e. The predicted molar refractivity (Wildman–Crippen MR) is 104 cm³/mol. The molecule has 0 aliphatic carbocycles. The average Bonchev–Trinajstić information content (AvgIpc) is 2.53. The van der Waals surface area contributed by atoms with Crippen LogP contribution in [0, 0.1) is 0 Å². The van der Waals surface area contributed by atoms with E-state index in [1.54, 1.807) is 18.2 Å². The topological polar surface area (TPSA) is 96.6 Å². The number of rotatable bonds is 6. The van der Waals surface area contributed by atoms with E-state index in [4.69, 9.17) is 5.73 Å². The molecule has 0 saturated heterocycles. The maximum atomic E-state index is 12.0. The van der Waals surface area contributed by atoms with Gasteiger partial charge >= 0.3 is 0 Å². The summed E-state index contributed by atoms with van der Waals surface area (Å²) in [5, 5.41) is 2.92. The van der Waals surface area contributed by atoms with Crippen LogP contribution in [0.3, 0.4) is 0 Å². The quantitative estimate of drug-likeness (QED) is 0.274. The molecule has 0 aromatic heterocycles. The number of nitrogens with two attached hydrogens (primary N) is 1. The third-order valence-corrected chi connectivity index (χ3v) is 4.26. The molecule has 0 saturated carbocycles. The highest BCUT2D eigenvalue weighted by Crippen LogP contribution is 2.06. The van der Waals surface area contributed by atoms with Crippen LogP contribution in [0.5, 0.6) is 0 Å². The molecule has 0 aliphatic rings. The number of halogens is 1. The average molecular weight is 446 g/mol. The van der Waals surface area contributed by atoms with Crippen LogP contribution in [0.15, 0.2) is 70.6 Å². The molecule has 2 aromatic rings. The molecule has 2 rings (SSSR count). The van der Waals surface area contributed by atoms with Gasteiger partial charge < -0.3 is 11.1 Å². The van der Waals surface area contributed by atoms with Crippen LogP contribution in [0.25, 0.3) is 0 Å². The molecule has 0 fully saturated rings. The SMILES string of the molecule is I.NC(=NCCNS(=O)(=O)c1ccccc1)Nc1ccccc1. The second kappa shape index (κ2) is 9.48. The fourth-order valence-corrected chi connectivity index (χ4v) is 2.79. The number of hydrogen-bond acceptors (Lipinski definition) is 3. The van der Waals surface area contributed by atoms with E-state index < -0.39 is 10.0 Å². The molecule has 0 heterocycles. The van der Waals surface area contributed by atoms with E-state index in [9.17, 15) is 8.42 Å². The molecular formula is C15H19IN4O2S. The van der Waals surface area contributed by atoms with Gasteiger partial charge in [-0.15, -0.1) is 24.0 Å². The van der Waals surface area contributed by atoms with Gasteiger partial charge in [-0.05, 0) is 24.3 Å². The summed E-state index contributed by atoms with van der Waals surface area (Å²) in [6, 6.07) is 17.6. The number of para-hydroxylation sites is 1. The second-order valence-corrected chi connectivity index (χ2v) is 6.24. The van der Waals surface area contributed by atoms with E-state index in [-0.39, 0.29) is 47.9 Å². The van der Waals surface area contributed by atoms with Crippen LogP contribution < -0.4 is 15.8 Å². The smallest absolute Gasteiger partial charge is 0.240 e. The van der Waals surface area contributed by atoms with E-state index in [0.29, 0.717) is 0 Å². The van der Waals surface area contributed by atoms with Crippen molar-refractivity contribution < 1.29 is 8.42 Å². The summed E-state index contributed by atoms with van der Waals surface area (Å²) in [6.45, 7) is 0.423. The Morgan fingerprint density at radius 1 is 1.00 bits per heavy atom. The Balaban J connectivity index is 0.00000264. The number of sulfonamides is 1. The molecule has 23 heavy (non-hydrogen) atoms. The van der Waals surface area contributed by atoms with Crippen LogP contribution in [0.4, 0.5) is 5.69 Å². The Morgan fingerprint density at radius 3 is 2.17 bits per heavy atom. The van der Waals surface area contributed by atoms with Gasteiger partial charge in [-0.3, -0.25) is 4.99 Å². The van der Waals surface area contributed by atoms with Crippen molar-refractivity contribution in [1.82, 2.24) is 4.72 Å². The standard InChI is InChI=1S/C15H18N4O2S.HI/c16-15(19-13-7-3-1-4-8-13)17-11-12-18-22(20,21)14-9-5-2-6-10-14;/h1-10,18H,11-12H2,(H3,16,17,19);1H. The molecule has 0 bridgehead atoms. The Kier molecular flexibility index (Phi) is 8.00. The lowest BCUT2D eigenvalue weighted by atomic mass is 10.3. The van der Waals surface area contributed by atoms with Crippen molar-refractivity contribution >= 4 is 45.6 Å². The largest absolute Gasteiger partial charge is 0.370 e. The molecule has 0 amide bonds. The van der Waals surface area contributed by atoms with Crippen LogP contribution >= 0.6 is 24.0 Å². The fourth-order valence-electron chi connectivity index (χ4n) is 1.75. The van der Waals surface area contributed by atoms with Gasteiger partial charge in [-0.1, -0.05) is 36.4 Å². The highest BCUT2D eigenvalue weighted by atomic mass is 127. The van der Waals surface area contributed by atoms with Crippen LogP contribution in [-0.2, 0) is 10.0 Å². The van der Waals surface area contributed by atoms with Crippen molar-refractivity contribution in [3.63, 3.8) is 0 Å². The summed E-state index contributed by atoms with van der Waals surface area (Å²) in [5.41, 5.74) is 6.56. The predicted octanol–water partition coefficient (Wildman–Crippen LogP) is 2.01. The van der Waals surface area contributed by atoms with Crippen molar-refractivity contribution in [2.45, 2.75) is 4.90 Å². The summed E-state index contributed by atoms with van der Waals surface area (Å²) < 4.78 is 26.4. The third-order valence-electron chi connectivity index (χ3n) is 2.79. The van der Waals surface area contributed by atoms with Gasteiger partial charge in [0.25, 0.3) is 0 Å². The third kappa shape index (κ3) is 6.55. The molecule has 2 aromatic carbocycles. The fraction of sp³-hybridized carbons (Fsp3) is 0.133. The zero-order valence-electron chi connectivity index (χ0n) is 12.3. The molecule has 4 N–H and O–H groups in total. The van der Waals surface area contributed by atoms with Crippen molar-refractivity contribution in [2.24, 2.45) is 10.7 Å². The minimum atomic E-state index is -3.50. The monoisotopic (exact) mass is 446 g/mol. The minimum Gasteiger partial charge on any atom is -0.370 e. The number of hydrogen-bond donors (Lipinski definition) is 3. The molecular weight excluding hydrogens is 427 g/mol. The normalized spacial score (nSPS) is 11.6. The second-order valence-electron chi connectivity index (χ2n) is 4.47. The van der Waals surface area contributed by atoms with Gasteiger partial charge in [0.05, 0.1) is 11.4 Å². The lowest BCUT2D eigenvalue weighted by Gasteiger charge is -2.07. The van der Waals surface area contributed by atoms with E-state index in [1.165, 1.54) is 12.1 Å². The zero-order valence-corrected chi connectivity index (χ0v) is 15.5. The highest BCUT2D eigenvalue weighted by Gasteiger charge is 2.11. The number of aliphatic imine (C=N–C) groups is 1. The number of nitrogens with zero attached hydrogens (tertiary/aromatic N) is 1. The molecule has 0 radical (unpaired) electrons. The Hall–Kier alpha value is -1.65. The summed E-state index contributed by atoms with van der Waals surface area (Å²) in [5.74, 6) is 0.241. The van der Waals surface area contributed by atoms with Crippen molar-refractivity contribution in [3.8, 4) is 0 Å². The van der Waals surface area contributed by atoms with Crippen LogP contribution in [0.2, 0.25) is 0 Å². The van der Waals surface area contributed by atoms with Gasteiger partial charge in [-0.2, -0.15) is 0 Å². The maximum absolute atomic E-state index is 12.0. The summed E-state index contributed by atoms with van der Waals surface area (Å²) in [7, 11) is -3.50. The van der Waals surface area contributed by atoms with E-state index >= 15 is 0 Å². The van der Waals surface area contributed by atoms with Crippen molar-refractivity contribution in [1.29, 1.82) is 0 Å². The Bertz CT molecular complexity index is 722. The first-order valence-corrected chi connectivity index (χ1v) is 8.23. The number of nitrogens with one attached hydrogen (secondary N) is 2. The zero-order chi connectivity index (χ0) is 15.8. The molecule has 6 nitrogen and oxygen atoms in total. The highest BCUT2D eigenvalue weighted by molar-refractivity contribution is 14.0. The molecule has 8 heteroatoms. The number of guanidine groups is 1. The Labute approximate surface area is 153 Å². The first kappa shape index (κ1) is 19.4.